The number of nitrogens with zero attached hydrogens (tertiary/aromatic N) is 1. The molecule has 0 radical (unpaired) electrons. The van der Waals surface area contributed by atoms with Gasteiger partial charge >= 0.3 is 0 Å². The highest BCUT2D eigenvalue weighted by molar-refractivity contribution is 5.76. The van der Waals surface area contributed by atoms with Crippen LogP contribution in [-0.2, 0) is 14.3 Å². The van der Waals surface area contributed by atoms with Gasteiger partial charge < -0.3 is 19.5 Å². The monoisotopic (exact) mass is 570 g/mol. The average molecular weight is 570 g/mol. The number of carbonyl (C=O) groups is 1. The summed E-state index contributed by atoms with van der Waals surface area (Å²) < 4.78 is 10.9. The fourth-order valence-corrected chi connectivity index (χ4v) is 5.41. The number of carbonyl (C=O) groups excluding carboxylic acids is 1. The third-order valence-corrected chi connectivity index (χ3v) is 8.02. The second-order valence-corrected chi connectivity index (χ2v) is 12.1. The molecule has 0 aromatic heterocycles. The van der Waals surface area contributed by atoms with Crippen LogP contribution < -0.4 is 0 Å². The molecule has 0 aliphatic carbocycles. The maximum atomic E-state index is 12.6. The summed E-state index contributed by atoms with van der Waals surface area (Å²) in [6.07, 6.45) is 32.7. The maximum Gasteiger partial charge on any atom is 0.224 e. The molecule has 240 valence electrons. The van der Waals surface area contributed by atoms with E-state index in [9.17, 15) is 9.90 Å². The van der Waals surface area contributed by atoms with Crippen LogP contribution in [0.5, 0.6) is 0 Å². The first-order valence-electron chi connectivity index (χ1n) is 17.7. The molecule has 0 bridgehead atoms. The molecule has 0 aliphatic rings. The Labute approximate surface area is 250 Å². The molecular weight excluding hydrogens is 498 g/mol. The van der Waals surface area contributed by atoms with Crippen LogP contribution in [0.4, 0.5) is 0 Å². The van der Waals surface area contributed by atoms with Crippen molar-refractivity contribution in [2.45, 2.75) is 187 Å². The topological polar surface area (TPSA) is 59.0 Å². The Hall–Kier alpha value is -0.650. The van der Waals surface area contributed by atoms with E-state index in [1.54, 1.807) is 12.0 Å². The Morgan fingerprint density at radius 1 is 0.600 bits per heavy atom. The zero-order chi connectivity index (χ0) is 29.4. The van der Waals surface area contributed by atoms with E-state index in [0.717, 1.165) is 19.3 Å². The number of unbranched alkanes of at least 4 members (excludes halogenated alkanes) is 23. The summed E-state index contributed by atoms with van der Waals surface area (Å²) in [5, 5.41) is 10.4. The Balaban J connectivity index is 3.63. The normalized spacial score (nSPS) is 12.2. The molecule has 0 spiro atoms. The third kappa shape index (κ3) is 28.9. The van der Waals surface area contributed by atoms with Crippen LogP contribution in [0.2, 0.25) is 0 Å². The third-order valence-electron chi connectivity index (χ3n) is 8.02. The van der Waals surface area contributed by atoms with E-state index in [1.165, 1.54) is 141 Å². The Morgan fingerprint density at radius 3 is 1.38 bits per heavy atom. The first kappa shape index (κ1) is 39.4. The summed E-state index contributed by atoms with van der Waals surface area (Å²) in [6.45, 7) is 6.02. The van der Waals surface area contributed by atoms with E-state index in [2.05, 4.69) is 13.8 Å². The van der Waals surface area contributed by atoms with Crippen LogP contribution in [0.1, 0.15) is 181 Å². The molecule has 0 heterocycles. The number of amides is 1. The number of methoxy groups -OCH3 is 1. The van der Waals surface area contributed by atoms with Gasteiger partial charge in [-0.1, -0.05) is 162 Å². The van der Waals surface area contributed by atoms with Crippen LogP contribution in [0.15, 0.2) is 0 Å². The van der Waals surface area contributed by atoms with Crippen LogP contribution in [0.25, 0.3) is 0 Å². The second kappa shape index (κ2) is 32.9. The molecule has 0 fully saturated rings. The van der Waals surface area contributed by atoms with Crippen molar-refractivity contribution in [3.05, 3.63) is 0 Å². The summed E-state index contributed by atoms with van der Waals surface area (Å²) in [5.74, 6) is 0.0730. The van der Waals surface area contributed by atoms with Crippen molar-refractivity contribution in [1.82, 2.24) is 4.90 Å². The van der Waals surface area contributed by atoms with E-state index in [0.29, 0.717) is 13.0 Å². The molecule has 0 saturated heterocycles. The van der Waals surface area contributed by atoms with Crippen molar-refractivity contribution in [2.24, 2.45) is 0 Å². The standard InChI is InChI=1S/C35H71NO4/c1-4-6-8-10-12-14-16-17-18-20-22-24-26-28-30-40-32-34(37)31-36(33-39-3)35(38)29-27-25-23-21-19-15-13-11-9-7-5-2/h34,37H,4-33H2,1-3H3. The van der Waals surface area contributed by atoms with E-state index in [4.69, 9.17) is 9.47 Å². The van der Waals surface area contributed by atoms with Gasteiger partial charge in [0, 0.05) is 20.1 Å². The number of ether oxygens (including phenoxy) is 2. The minimum Gasteiger partial charge on any atom is -0.389 e. The molecule has 1 unspecified atom stereocenters. The lowest BCUT2D eigenvalue weighted by Gasteiger charge is -2.24. The van der Waals surface area contributed by atoms with Crippen LogP contribution >= 0.6 is 0 Å². The van der Waals surface area contributed by atoms with Gasteiger partial charge in [-0.2, -0.15) is 0 Å². The maximum absolute atomic E-state index is 12.6. The number of aliphatic hydroxyl groups is 1. The van der Waals surface area contributed by atoms with Crippen molar-refractivity contribution >= 4 is 5.91 Å². The predicted molar refractivity (Wildman–Crippen MR) is 172 cm³/mol. The summed E-state index contributed by atoms with van der Waals surface area (Å²) >= 11 is 0. The SMILES string of the molecule is CCCCCCCCCCCCCCCCOCC(O)CN(COC)C(=O)CCCCCCCCCCCCC. The van der Waals surface area contributed by atoms with Gasteiger partial charge in [0.2, 0.25) is 5.91 Å². The van der Waals surface area contributed by atoms with Gasteiger partial charge in [0.25, 0.3) is 0 Å². The molecule has 1 atom stereocenters. The van der Waals surface area contributed by atoms with Gasteiger partial charge in [-0.3, -0.25) is 4.79 Å². The smallest absolute Gasteiger partial charge is 0.224 e. The molecule has 1 amide bonds. The largest absolute Gasteiger partial charge is 0.389 e. The van der Waals surface area contributed by atoms with E-state index < -0.39 is 6.10 Å². The van der Waals surface area contributed by atoms with Crippen LogP contribution in [0.3, 0.4) is 0 Å². The Kier molecular flexibility index (Phi) is 32.3. The highest BCUT2D eigenvalue weighted by atomic mass is 16.5. The quantitative estimate of drug-likeness (QED) is 0.0631. The lowest BCUT2D eigenvalue weighted by atomic mass is 10.0. The predicted octanol–water partition coefficient (Wildman–Crippen LogP) is 9.98. The second-order valence-electron chi connectivity index (χ2n) is 12.1. The van der Waals surface area contributed by atoms with Crippen molar-refractivity contribution in [3.63, 3.8) is 0 Å². The van der Waals surface area contributed by atoms with Gasteiger partial charge in [-0.15, -0.1) is 0 Å². The van der Waals surface area contributed by atoms with Crippen LogP contribution in [-0.4, -0.2) is 55.6 Å². The molecular formula is C35H71NO4. The molecule has 0 rings (SSSR count). The molecule has 1 N–H and O–H groups in total. The summed E-state index contributed by atoms with van der Waals surface area (Å²) in [6, 6.07) is 0. The fraction of sp³-hybridized carbons (Fsp3) is 0.971. The number of hydrogen-bond donors (Lipinski definition) is 1. The van der Waals surface area contributed by atoms with E-state index >= 15 is 0 Å². The minimum absolute atomic E-state index is 0.0730. The van der Waals surface area contributed by atoms with Crippen molar-refractivity contribution in [3.8, 4) is 0 Å². The Morgan fingerprint density at radius 2 is 0.975 bits per heavy atom. The van der Waals surface area contributed by atoms with Crippen molar-refractivity contribution in [1.29, 1.82) is 0 Å². The number of aliphatic hydroxyl groups excluding tert-OH is 1. The summed E-state index contributed by atoms with van der Waals surface area (Å²) in [5.41, 5.74) is 0. The van der Waals surface area contributed by atoms with Crippen LogP contribution in [0, 0.1) is 0 Å². The van der Waals surface area contributed by atoms with Gasteiger partial charge in [-0.05, 0) is 12.8 Å². The first-order valence-corrected chi connectivity index (χ1v) is 17.7. The Bertz CT molecular complexity index is 502. The minimum atomic E-state index is -0.664. The molecule has 5 heteroatoms. The number of rotatable bonds is 33. The average Bonchev–Trinajstić information content (AvgIpc) is 2.95. The molecule has 0 saturated carbocycles. The van der Waals surface area contributed by atoms with E-state index in [-0.39, 0.29) is 25.8 Å². The van der Waals surface area contributed by atoms with Gasteiger partial charge in [0.05, 0.1) is 19.3 Å². The lowest BCUT2D eigenvalue weighted by Crippen LogP contribution is -2.40. The van der Waals surface area contributed by atoms with Gasteiger partial charge in [0.1, 0.15) is 6.73 Å². The molecule has 5 nitrogen and oxygen atoms in total. The zero-order valence-corrected chi connectivity index (χ0v) is 27.4. The highest BCUT2D eigenvalue weighted by Crippen LogP contribution is 2.14. The fourth-order valence-electron chi connectivity index (χ4n) is 5.41. The van der Waals surface area contributed by atoms with Crippen molar-refractivity contribution in [2.75, 3.05) is 33.6 Å². The lowest BCUT2D eigenvalue weighted by molar-refractivity contribution is -0.138. The zero-order valence-electron chi connectivity index (χ0n) is 27.4. The molecule has 0 aromatic rings. The summed E-state index contributed by atoms with van der Waals surface area (Å²) in [7, 11) is 1.60. The molecule has 40 heavy (non-hydrogen) atoms. The summed E-state index contributed by atoms with van der Waals surface area (Å²) in [4.78, 5) is 14.3. The van der Waals surface area contributed by atoms with E-state index in [1.807, 2.05) is 0 Å². The molecule has 0 aliphatic heterocycles. The van der Waals surface area contributed by atoms with Crippen molar-refractivity contribution < 1.29 is 19.4 Å². The molecule has 0 aromatic carbocycles. The van der Waals surface area contributed by atoms with Gasteiger partial charge in [0.15, 0.2) is 0 Å². The highest BCUT2D eigenvalue weighted by Gasteiger charge is 2.17. The first-order chi connectivity index (χ1) is 19.7. The van der Waals surface area contributed by atoms with Gasteiger partial charge in [-0.25, -0.2) is 0 Å². The number of hydrogen-bond acceptors (Lipinski definition) is 4.